The first kappa shape index (κ1) is 15.3. The molecule has 2 aromatic rings. The standard InChI is InChI=1S/C19H20N2O2/c1-14-6-2-4-8-16(14)19(23)20-12-13-21-17-9-5-3-7-15(17)10-11-18(21)22/h2-9H,10-13H2,1H3,(H,20,23). The fraction of sp³-hybridized carbons (Fsp3) is 0.263. The van der Waals surface area contributed by atoms with E-state index in [2.05, 4.69) is 11.4 Å². The van der Waals surface area contributed by atoms with Gasteiger partial charge in [0.2, 0.25) is 5.91 Å². The molecule has 4 nitrogen and oxygen atoms in total. The number of hydrogen-bond donors (Lipinski definition) is 1. The first-order valence-corrected chi connectivity index (χ1v) is 7.89. The van der Waals surface area contributed by atoms with Crippen LogP contribution in [0.5, 0.6) is 0 Å². The average molecular weight is 308 g/mol. The fourth-order valence-electron chi connectivity index (χ4n) is 2.95. The second kappa shape index (κ2) is 6.65. The number of carbonyl (C=O) groups is 2. The second-order valence-corrected chi connectivity index (χ2v) is 5.74. The first-order valence-electron chi connectivity index (χ1n) is 7.89. The summed E-state index contributed by atoms with van der Waals surface area (Å²) in [4.78, 5) is 26.2. The Morgan fingerprint density at radius 3 is 2.65 bits per heavy atom. The molecule has 0 saturated heterocycles. The fourth-order valence-corrected chi connectivity index (χ4v) is 2.95. The molecular formula is C19H20N2O2. The molecule has 0 aliphatic carbocycles. The highest BCUT2D eigenvalue weighted by molar-refractivity contribution is 5.97. The van der Waals surface area contributed by atoms with E-state index in [9.17, 15) is 9.59 Å². The van der Waals surface area contributed by atoms with E-state index >= 15 is 0 Å². The first-order chi connectivity index (χ1) is 11.2. The van der Waals surface area contributed by atoms with E-state index in [4.69, 9.17) is 0 Å². The minimum atomic E-state index is -0.0964. The molecule has 0 radical (unpaired) electrons. The molecule has 0 unspecified atom stereocenters. The summed E-state index contributed by atoms with van der Waals surface area (Å²) in [5, 5.41) is 2.91. The maximum atomic E-state index is 12.2. The Bertz CT molecular complexity index is 740. The van der Waals surface area contributed by atoms with E-state index in [1.165, 1.54) is 5.56 Å². The Kier molecular flexibility index (Phi) is 4.42. The van der Waals surface area contributed by atoms with Crippen molar-refractivity contribution in [3.05, 3.63) is 65.2 Å². The second-order valence-electron chi connectivity index (χ2n) is 5.74. The summed E-state index contributed by atoms with van der Waals surface area (Å²) in [6.07, 6.45) is 1.32. The van der Waals surface area contributed by atoms with Crippen LogP contribution in [0.25, 0.3) is 0 Å². The van der Waals surface area contributed by atoms with E-state index in [0.29, 0.717) is 25.1 Å². The van der Waals surface area contributed by atoms with Gasteiger partial charge >= 0.3 is 0 Å². The lowest BCUT2D eigenvalue weighted by Crippen LogP contribution is -2.41. The van der Waals surface area contributed by atoms with Crippen molar-refractivity contribution in [2.75, 3.05) is 18.0 Å². The summed E-state index contributed by atoms with van der Waals surface area (Å²) in [7, 11) is 0. The minimum Gasteiger partial charge on any atom is -0.350 e. The molecule has 2 aromatic carbocycles. The molecular weight excluding hydrogens is 288 g/mol. The largest absolute Gasteiger partial charge is 0.350 e. The van der Waals surface area contributed by atoms with Crippen LogP contribution in [-0.2, 0) is 11.2 Å². The monoisotopic (exact) mass is 308 g/mol. The summed E-state index contributed by atoms with van der Waals surface area (Å²) >= 11 is 0. The third kappa shape index (κ3) is 3.26. The number of fused-ring (bicyclic) bond motifs is 1. The van der Waals surface area contributed by atoms with Crippen molar-refractivity contribution in [3.8, 4) is 0 Å². The van der Waals surface area contributed by atoms with Crippen LogP contribution >= 0.6 is 0 Å². The van der Waals surface area contributed by atoms with Gasteiger partial charge in [-0.3, -0.25) is 9.59 Å². The highest BCUT2D eigenvalue weighted by Crippen LogP contribution is 2.26. The van der Waals surface area contributed by atoms with Crippen molar-refractivity contribution in [1.82, 2.24) is 5.32 Å². The van der Waals surface area contributed by atoms with Gasteiger partial charge in [-0.1, -0.05) is 36.4 Å². The molecule has 1 N–H and O–H groups in total. The smallest absolute Gasteiger partial charge is 0.251 e. The Morgan fingerprint density at radius 2 is 1.83 bits per heavy atom. The van der Waals surface area contributed by atoms with Crippen molar-refractivity contribution in [2.45, 2.75) is 19.8 Å². The highest BCUT2D eigenvalue weighted by atomic mass is 16.2. The number of nitrogens with zero attached hydrogens (tertiary/aromatic N) is 1. The number of rotatable bonds is 4. The molecule has 1 heterocycles. The predicted octanol–water partition coefficient (Wildman–Crippen LogP) is 2.70. The molecule has 4 heteroatoms. The minimum absolute atomic E-state index is 0.0964. The number of aryl methyl sites for hydroxylation is 2. The normalized spacial score (nSPS) is 13.6. The quantitative estimate of drug-likeness (QED) is 0.944. The van der Waals surface area contributed by atoms with Crippen molar-refractivity contribution in [1.29, 1.82) is 0 Å². The van der Waals surface area contributed by atoms with Gasteiger partial charge in [-0.2, -0.15) is 0 Å². The molecule has 0 fully saturated rings. The van der Waals surface area contributed by atoms with Gasteiger partial charge in [-0.15, -0.1) is 0 Å². The van der Waals surface area contributed by atoms with Crippen molar-refractivity contribution >= 4 is 17.5 Å². The Morgan fingerprint density at radius 1 is 1.09 bits per heavy atom. The topological polar surface area (TPSA) is 49.4 Å². The third-order valence-electron chi connectivity index (χ3n) is 4.20. The van der Waals surface area contributed by atoms with E-state index in [1.807, 2.05) is 49.4 Å². The maximum absolute atomic E-state index is 12.2. The van der Waals surface area contributed by atoms with Gasteiger partial charge in [0.25, 0.3) is 5.91 Å². The van der Waals surface area contributed by atoms with Crippen LogP contribution in [0.3, 0.4) is 0 Å². The van der Waals surface area contributed by atoms with Gasteiger partial charge in [0.05, 0.1) is 0 Å². The molecule has 3 rings (SSSR count). The Labute approximate surface area is 136 Å². The van der Waals surface area contributed by atoms with Gasteiger partial charge in [-0.05, 0) is 36.6 Å². The van der Waals surface area contributed by atoms with Crippen LogP contribution < -0.4 is 10.2 Å². The number of hydrogen-bond acceptors (Lipinski definition) is 2. The summed E-state index contributed by atoms with van der Waals surface area (Å²) in [5.74, 6) is 0.0229. The van der Waals surface area contributed by atoms with Gasteiger partial charge < -0.3 is 10.2 Å². The number of benzene rings is 2. The number of nitrogens with one attached hydrogen (secondary N) is 1. The molecule has 0 bridgehead atoms. The van der Waals surface area contributed by atoms with Crippen LogP contribution in [0, 0.1) is 6.92 Å². The van der Waals surface area contributed by atoms with E-state index in [0.717, 1.165) is 17.7 Å². The molecule has 1 aliphatic rings. The zero-order valence-corrected chi connectivity index (χ0v) is 13.2. The molecule has 0 saturated carbocycles. The molecule has 118 valence electrons. The molecule has 2 amide bonds. The summed E-state index contributed by atoms with van der Waals surface area (Å²) in [6, 6.07) is 15.5. The van der Waals surface area contributed by atoms with Crippen LogP contribution in [0.2, 0.25) is 0 Å². The molecule has 1 aliphatic heterocycles. The highest BCUT2D eigenvalue weighted by Gasteiger charge is 2.23. The van der Waals surface area contributed by atoms with Gasteiger partial charge in [0.1, 0.15) is 0 Å². The molecule has 0 atom stereocenters. The summed E-state index contributed by atoms with van der Waals surface area (Å²) in [6.45, 7) is 2.85. The summed E-state index contributed by atoms with van der Waals surface area (Å²) < 4.78 is 0. The van der Waals surface area contributed by atoms with Crippen LogP contribution in [0.1, 0.15) is 27.9 Å². The van der Waals surface area contributed by atoms with Crippen LogP contribution in [-0.4, -0.2) is 24.9 Å². The lowest BCUT2D eigenvalue weighted by atomic mass is 10.0. The molecule has 23 heavy (non-hydrogen) atoms. The lowest BCUT2D eigenvalue weighted by Gasteiger charge is -2.29. The van der Waals surface area contributed by atoms with Crippen molar-refractivity contribution in [3.63, 3.8) is 0 Å². The molecule has 0 spiro atoms. The summed E-state index contributed by atoms with van der Waals surface area (Å²) in [5.41, 5.74) is 3.79. The van der Waals surface area contributed by atoms with Gasteiger partial charge in [-0.25, -0.2) is 0 Å². The molecule has 0 aromatic heterocycles. The van der Waals surface area contributed by atoms with Gasteiger partial charge in [0, 0.05) is 30.8 Å². The predicted molar refractivity (Wildman–Crippen MR) is 90.6 cm³/mol. The number of amides is 2. The number of para-hydroxylation sites is 1. The van der Waals surface area contributed by atoms with Crippen LogP contribution in [0.15, 0.2) is 48.5 Å². The zero-order chi connectivity index (χ0) is 16.2. The maximum Gasteiger partial charge on any atom is 0.251 e. The van der Waals surface area contributed by atoms with Crippen LogP contribution in [0.4, 0.5) is 5.69 Å². The Hall–Kier alpha value is -2.62. The van der Waals surface area contributed by atoms with E-state index in [-0.39, 0.29) is 11.8 Å². The van der Waals surface area contributed by atoms with E-state index in [1.54, 1.807) is 4.90 Å². The third-order valence-corrected chi connectivity index (χ3v) is 4.20. The zero-order valence-electron chi connectivity index (χ0n) is 13.2. The van der Waals surface area contributed by atoms with Crippen molar-refractivity contribution in [2.24, 2.45) is 0 Å². The Balaban J connectivity index is 1.64. The SMILES string of the molecule is Cc1ccccc1C(=O)NCCN1C(=O)CCc2ccccc21. The van der Waals surface area contributed by atoms with Gasteiger partial charge in [0.15, 0.2) is 0 Å². The number of anilines is 1. The average Bonchev–Trinajstić information content (AvgIpc) is 2.57. The van der Waals surface area contributed by atoms with Crippen molar-refractivity contribution < 1.29 is 9.59 Å². The lowest BCUT2D eigenvalue weighted by molar-refractivity contribution is -0.118. The number of carbonyl (C=O) groups excluding carboxylic acids is 2. The van der Waals surface area contributed by atoms with E-state index < -0.39 is 0 Å².